The number of rotatable bonds is 50. The van der Waals surface area contributed by atoms with Gasteiger partial charge in [-0.1, -0.05) is 131 Å². The fraction of sp³-hybridized carbons (Fsp3) is 0.704. The molecule has 24 nitrogen and oxygen atoms in total. The molecular weight excluding hydrogens is 1380 g/mol. The second-order valence-electron chi connectivity index (χ2n) is 30.9. The maximum atomic E-state index is 15.2. The van der Waals surface area contributed by atoms with E-state index in [1.807, 2.05) is 74.4 Å². The molecule has 2 aliphatic heterocycles. The van der Waals surface area contributed by atoms with Crippen molar-refractivity contribution in [1.29, 1.82) is 0 Å². The topological polar surface area (TPSA) is 311 Å². The summed E-state index contributed by atoms with van der Waals surface area (Å²) >= 11 is 0. The smallest absolute Gasteiger partial charge is 0.410 e. The highest BCUT2D eigenvalue weighted by Gasteiger charge is 2.48. The summed E-state index contributed by atoms with van der Waals surface area (Å²) in [6, 6.07) is 6.87. The number of amides is 9. The number of imide groups is 1. The number of ether oxygens (including phenoxy) is 3. The van der Waals surface area contributed by atoms with Crippen LogP contribution in [0.25, 0.3) is 0 Å². The molecule has 0 spiro atoms. The summed E-state index contributed by atoms with van der Waals surface area (Å²) in [6.07, 6.45) is 5.23. The summed E-state index contributed by atoms with van der Waals surface area (Å²) < 4.78 is 47.4. The Morgan fingerprint density at radius 2 is 1.32 bits per heavy atom. The molecule has 0 bridgehead atoms. The molecule has 600 valence electrons. The summed E-state index contributed by atoms with van der Waals surface area (Å²) in [5.74, 6) is -7.75. The molecule has 12 atom stereocenters. The van der Waals surface area contributed by atoms with Crippen molar-refractivity contribution in [3.8, 4) is 0 Å². The van der Waals surface area contributed by atoms with Gasteiger partial charge in [-0.3, -0.25) is 62.5 Å². The van der Waals surface area contributed by atoms with Gasteiger partial charge in [-0.05, 0) is 112 Å². The predicted octanol–water partition coefficient (Wildman–Crippen LogP) is 9.50. The molecule has 0 radical (unpaired) electrons. The van der Waals surface area contributed by atoms with Crippen molar-refractivity contribution in [1.82, 2.24) is 40.4 Å². The molecule has 2 saturated heterocycles. The highest BCUT2D eigenvalue weighted by molar-refractivity contribution is 6.03. The van der Waals surface area contributed by atoms with Crippen molar-refractivity contribution in [2.45, 2.75) is 253 Å². The number of nitrogens with two attached hydrogens (primary N) is 1. The summed E-state index contributed by atoms with van der Waals surface area (Å²) in [6.45, 7) is 17.0. The SMILES string of the molecule is CC[C@H](C)[C@@H]([C@@H](CC(=O)N1C[C@@H](N(C)C(=O)OCc2ccc(CC(=O)[C@H](CCCCC(N)=O)NC(=O)[C@@H](CC(=O)CCCCCN3C(=O)CC(CCCCCCC(=O)NC)C3=O)C(C)C)cc2)C[C@H]1[C@H](OC)[C@@H](C)C(=O)NCCc1c(F)cccc1F)OC)N(C)C(=O)[C@@H](CC(=O)[C@H](C(C)C)N(C)C)C(C)C. The third-order valence-corrected chi connectivity index (χ3v) is 21.8. The number of methoxy groups -OCH3 is 2. The van der Waals surface area contributed by atoms with E-state index in [1.54, 1.807) is 62.1 Å². The molecule has 2 aromatic carbocycles. The summed E-state index contributed by atoms with van der Waals surface area (Å²) in [5, 5.41) is 8.32. The van der Waals surface area contributed by atoms with E-state index in [0.29, 0.717) is 62.5 Å². The molecule has 5 N–H and O–H groups in total. The van der Waals surface area contributed by atoms with Crippen LogP contribution < -0.4 is 21.7 Å². The molecule has 2 heterocycles. The monoisotopic (exact) mass is 1500 g/mol. The van der Waals surface area contributed by atoms with Crippen LogP contribution in [0.4, 0.5) is 13.6 Å². The zero-order valence-corrected chi connectivity index (χ0v) is 66.8. The Labute approximate surface area is 634 Å². The minimum atomic E-state index is -0.970. The molecule has 26 heteroatoms. The van der Waals surface area contributed by atoms with E-state index in [0.717, 1.165) is 37.8 Å². The lowest BCUT2D eigenvalue weighted by atomic mass is 9.83. The number of nitrogens with zero attached hydrogens (tertiary/aromatic N) is 5. The predicted molar refractivity (Wildman–Crippen MR) is 404 cm³/mol. The highest BCUT2D eigenvalue weighted by Crippen LogP contribution is 2.34. The normalized spacial score (nSPS) is 17.8. The van der Waals surface area contributed by atoms with Gasteiger partial charge in [0.25, 0.3) is 0 Å². The lowest BCUT2D eigenvalue weighted by Gasteiger charge is -2.41. The van der Waals surface area contributed by atoms with Crippen molar-refractivity contribution in [3.05, 3.63) is 70.8 Å². The number of ketones is 3. The van der Waals surface area contributed by atoms with E-state index < -0.39 is 102 Å². The van der Waals surface area contributed by atoms with Crippen LogP contribution in [-0.4, -0.2) is 207 Å². The van der Waals surface area contributed by atoms with E-state index in [2.05, 4.69) is 16.0 Å². The number of nitrogens with one attached hydrogen (secondary N) is 3. The van der Waals surface area contributed by atoms with Gasteiger partial charge in [-0.25, -0.2) is 13.6 Å². The molecule has 2 aromatic rings. The Hall–Kier alpha value is -7.58. The fourth-order valence-electron chi connectivity index (χ4n) is 15.1. The summed E-state index contributed by atoms with van der Waals surface area (Å²) in [4.78, 5) is 171. The van der Waals surface area contributed by atoms with Crippen molar-refractivity contribution >= 4 is 70.7 Å². The highest BCUT2D eigenvalue weighted by atomic mass is 19.1. The van der Waals surface area contributed by atoms with Gasteiger partial charge >= 0.3 is 6.09 Å². The number of primary amides is 1. The molecule has 2 fully saturated rings. The molecular formula is C81H127F2N9O15. The number of unbranched alkanes of at least 4 members (excludes halogenated alkanes) is 6. The van der Waals surface area contributed by atoms with Gasteiger partial charge in [0.15, 0.2) is 11.6 Å². The van der Waals surface area contributed by atoms with Crippen molar-refractivity contribution in [2.75, 3.05) is 69.1 Å². The fourth-order valence-corrected chi connectivity index (χ4v) is 15.1. The van der Waals surface area contributed by atoms with Crippen LogP contribution in [0.5, 0.6) is 0 Å². The van der Waals surface area contributed by atoms with E-state index >= 15 is 4.79 Å². The zero-order chi connectivity index (χ0) is 79.9. The van der Waals surface area contributed by atoms with Crippen molar-refractivity contribution < 1.29 is 80.5 Å². The Kier molecular flexibility index (Phi) is 39.5. The minimum Gasteiger partial charge on any atom is -0.445 e. The molecule has 0 saturated carbocycles. The number of Topliss-reactive ketones (excluding diaryl/α,β-unsaturated/α-hetero) is 3. The van der Waals surface area contributed by atoms with Crippen LogP contribution in [-0.2, 0) is 86.4 Å². The van der Waals surface area contributed by atoms with Gasteiger partial charge in [0.2, 0.25) is 47.3 Å². The van der Waals surface area contributed by atoms with Crippen molar-refractivity contribution in [2.24, 2.45) is 53.1 Å². The molecule has 2 aliphatic rings. The maximum Gasteiger partial charge on any atom is 0.410 e. The van der Waals surface area contributed by atoms with Gasteiger partial charge in [0.1, 0.15) is 24.0 Å². The number of likely N-dealkylation sites (N-methyl/N-ethyl adjacent to an activating group) is 3. The Balaban J connectivity index is 1.46. The van der Waals surface area contributed by atoms with E-state index in [1.165, 1.54) is 30.1 Å². The number of carbonyl (C=O) groups is 12. The molecule has 9 amide bonds. The van der Waals surface area contributed by atoms with Gasteiger partial charge in [-0.15, -0.1) is 0 Å². The summed E-state index contributed by atoms with van der Waals surface area (Å²) in [5.41, 5.74) is 6.42. The number of benzene rings is 2. The third kappa shape index (κ3) is 28.4. The maximum absolute atomic E-state index is 15.2. The van der Waals surface area contributed by atoms with Crippen LogP contribution in [0.15, 0.2) is 42.5 Å². The second kappa shape index (κ2) is 46.1. The number of halogens is 2. The first kappa shape index (κ1) is 91.8. The standard InChI is InChI=1S/C81H127F2N9O15/c1-17-53(8)75(90(14)80(103)62(51(4)5)46-68(95)74(52(6)7)88(11)12)69(105-15)47-73(99)92-48-58(44-66(92)76(106-16)54(9)77(100)86-40-39-60-63(82)30-27-31-64(60)83)89(13)81(104)107-49-56-37-35-55(36-38-56)42-67(94)65(32-24-25-33-70(84)96)87-78(101)61(50(2)3)45-59(93)29-22-20-26-41-91-72(98)43-57(79(91)102)28-21-18-19-23-34-71(97)85-10/h27,30-31,35-38,50-54,57-58,61-62,65-66,69,74-76H,17-26,28-29,32-34,39-49H2,1-16H3,(H2,84,96)(H,85,97)(H,86,100)(H,87,101)/t53-,54+,57?,58-,61-,62-,65-,66-,69+,74-,75-,76+/m0/s1. The Bertz CT molecular complexity index is 3230. The lowest BCUT2D eigenvalue weighted by molar-refractivity contribution is -0.149. The number of hydrogen-bond acceptors (Lipinski definition) is 16. The van der Waals surface area contributed by atoms with E-state index in [-0.39, 0.29) is 167 Å². The summed E-state index contributed by atoms with van der Waals surface area (Å²) in [7, 11) is 11.4. The average Bonchev–Trinajstić information content (AvgIpc) is 1.09. The molecule has 0 aromatic heterocycles. The molecule has 4 rings (SSSR count). The first-order valence-electron chi connectivity index (χ1n) is 38.8. The first-order valence-corrected chi connectivity index (χ1v) is 38.8. The molecule has 107 heavy (non-hydrogen) atoms. The van der Waals surface area contributed by atoms with Crippen LogP contribution in [0.2, 0.25) is 0 Å². The zero-order valence-electron chi connectivity index (χ0n) is 66.8. The van der Waals surface area contributed by atoms with Crippen LogP contribution in [0, 0.1) is 59.0 Å². The largest absolute Gasteiger partial charge is 0.445 e. The van der Waals surface area contributed by atoms with E-state index in [4.69, 9.17) is 19.9 Å². The van der Waals surface area contributed by atoms with Crippen LogP contribution >= 0.6 is 0 Å². The van der Waals surface area contributed by atoms with Crippen molar-refractivity contribution in [3.63, 3.8) is 0 Å². The number of carbonyl (C=O) groups excluding carboxylic acids is 12. The molecule has 0 aliphatic carbocycles. The lowest BCUT2D eigenvalue weighted by Crippen LogP contribution is -2.54. The second-order valence-corrected chi connectivity index (χ2v) is 30.9. The van der Waals surface area contributed by atoms with Gasteiger partial charge < -0.3 is 50.6 Å². The first-order chi connectivity index (χ1) is 50.6. The Morgan fingerprint density at radius 1 is 0.701 bits per heavy atom. The van der Waals surface area contributed by atoms with Gasteiger partial charge in [-0.2, -0.15) is 0 Å². The number of likely N-dealkylation sites (tertiary alicyclic amines) is 2. The van der Waals surface area contributed by atoms with Gasteiger partial charge in [0, 0.05) is 123 Å². The quantitative estimate of drug-likeness (QED) is 0.0354. The Morgan fingerprint density at radius 3 is 1.91 bits per heavy atom. The van der Waals surface area contributed by atoms with E-state index in [9.17, 15) is 61.5 Å². The van der Waals surface area contributed by atoms with Gasteiger partial charge in [0.05, 0.1) is 54.8 Å². The average molecular weight is 1500 g/mol. The molecule has 1 unspecified atom stereocenters. The van der Waals surface area contributed by atoms with Crippen LogP contribution in [0.3, 0.4) is 0 Å². The minimum absolute atomic E-state index is 0.000624. The third-order valence-electron chi connectivity index (χ3n) is 21.8. The number of hydrogen-bond donors (Lipinski definition) is 4. The van der Waals surface area contributed by atoms with Crippen LogP contribution in [0.1, 0.15) is 207 Å².